The fourth-order valence-electron chi connectivity index (χ4n) is 3.18. The highest BCUT2D eigenvalue weighted by Crippen LogP contribution is 2.41. The van der Waals surface area contributed by atoms with Gasteiger partial charge in [-0.25, -0.2) is 0 Å². The first-order valence-electron chi connectivity index (χ1n) is 9.47. The van der Waals surface area contributed by atoms with E-state index >= 15 is 0 Å². The third-order valence-corrected chi connectivity index (χ3v) is 5.13. The van der Waals surface area contributed by atoms with Crippen molar-refractivity contribution >= 4 is 5.97 Å². The number of carbonyl (C=O) groups is 1. The van der Waals surface area contributed by atoms with Gasteiger partial charge < -0.3 is 19.1 Å². The monoisotopic (exact) mass is 343 g/mol. The Balaban J connectivity index is 2.36. The molecule has 0 amide bonds. The molecule has 5 nitrogen and oxygen atoms in total. The molecule has 5 heteroatoms. The van der Waals surface area contributed by atoms with Crippen molar-refractivity contribution in [2.45, 2.75) is 71.7 Å². The van der Waals surface area contributed by atoms with Gasteiger partial charge in [-0.2, -0.15) is 0 Å². The highest BCUT2D eigenvalue weighted by Gasteiger charge is 2.48. The molecule has 0 spiro atoms. The van der Waals surface area contributed by atoms with E-state index in [9.17, 15) is 4.79 Å². The van der Waals surface area contributed by atoms with E-state index in [0.717, 1.165) is 25.8 Å². The molecule has 142 valence electrons. The highest BCUT2D eigenvalue weighted by molar-refractivity contribution is 5.69. The summed E-state index contributed by atoms with van der Waals surface area (Å²) < 4.78 is 17.8. The quantitative estimate of drug-likeness (QED) is 0.538. The van der Waals surface area contributed by atoms with Gasteiger partial charge in [-0.3, -0.25) is 4.79 Å². The van der Waals surface area contributed by atoms with Gasteiger partial charge in [-0.05, 0) is 39.9 Å². The van der Waals surface area contributed by atoms with Crippen molar-refractivity contribution < 1.29 is 19.0 Å². The van der Waals surface area contributed by atoms with Crippen LogP contribution < -0.4 is 0 Å². The number of hydrogen-bond acceptors (Lipinski definition) is 5. The van der Waals surface area contributed by atoms with Crippen molar-refractivity contribution in [1.29, 1.82) is 0 Å². The lowest BCUT2D eigenvalue weighted by Gasteiger charge is -2.38. The second kappa shape index (κ2) is 10.4. The Bertz CT molecular complexity index is 362. The van der Waals surface area contributed by atoms with E-state index in [2.05, 4.69) is 32.6 Å². The molecule has 0 saturated carbocycles. The molecule has 3 unspecified atom stereocenters. The number of rotatable bonds is 11. The molecule has 0 N–H and O–H groups in total. The van der Waals surface area contributed by atoms with Crippen molar-refractivity contribution in [3.8, 4) is 0 Å². The Morgan fingerprint density at radius 3 is 2.42 bits per heavy atom. The maximum atomic E-state index is 11.7. The molecular formula is C19H37NO4. The fraction of sp³-hybridized carbons (Fsp3) is 0.947. The summed E-state index contributed by atoms with van der Waals surface area (Å²) in [5, 5.41) is 0. The van der Waals surface area contributed by atoms with Crippen LogP contribution >= 0.6 is 0 Å². The molecular weight excluding hydrogens is 306 g/mol. The third kappa shape index (κ3) is 6.01. The van der Waals surface area contributed by atoms with Gasteiger partial charge >= 0.3 is 5.97 Å². The molecule has 24 heavy (non-hydrogen) atoms. The van der Waals surface area contributed by atoms with Crippen LogP contribution in [-0.2, 0) is 19.0 Å². The molecule has 1 heterocycles. The largest absolute Gasteiger partial charge is 0.466 e. The summed E-state index contributed by atoms with van der Waals surface area (Å²) in [4.78, 5) is 13.8. The van der Waals surface area contributed by atoms with Crippen LogP contribution in [0.3, 0.4) is 0 Å². The standard InChI is InChI=1S/C19H37NO4/c1-7-15(3)19(16(4)8-2)23-14-17(24-19)11-13-22-18(21)10-9-12-20(5)6/h15-17H,7-14H2,1-6H3. The summed E-state index contributed by atoms with van der Waals surface area (Å²) in [7, 11) is 4.01. The van der Waals surface area contributed by atoms with Gasteiger partial charge in [-0.1, -0.05) is 27.7 Å². The first-order valence-corrected chi connectivity index (χ1v) is 9.47. The number of ether oxygens (including phenoxy) is 3. The zero-order valence-electron chi connectivity index (χ0n) is 16.5. The topological polar surface area (TPSA) is 48.0 Å². The van der Waals surface area contributed by atoms with Crippen LogP contribution in [-0.4, -0.2) is 56.6 Å². The summed E-state index contributed by atoms with van der Waals surface area (Å²) in [5.74, 6) is 0.104. The lowest BCUT2D eigenvalue weighted by atomic mass is 9.85. The van der Waals surface area contributed by atoms with Gasteiger partial charge in [0.15, 0.2) is 5.79 Å². The Labute approximate surface area is 148 Å². The molecule has 0 aromatic rings. The average Bonchev–Trinajstić information content (AvgIpc) is 2.98. The lowest BCUT2D eigenvalue weighted by Crippen LogP contribution is -2.44. The molecule has 1 aliphatic rings. The zero-order chi connectivity index (χ0) is 18.2. The van der Waals surface area contributed by atoms with E-state index in [1.807, 2.05) is 14.1 Å². The summed E-state index contributed by atoms with van der Waals surface area (Å²) >= 11 is 0. The van der Waals surface area contributed by atoms with Crippen molar-refractivity contribution in [2.24, 2.45) is 11.8 Å². The van der Waals surface area contributed by atoms with Crippen LogP contribution in [0.4, 0.5) is 0 Å². The van der Waals surface area contributed by atoms with Gasteiger partial charge in [-0.15, -0.1) is 0 Å². The van der Waals surface area contributed by atoms with Gasteiger partial charge in [0.05, 0.1) is 19.3 Å². The molecule has 1 aliphatic heterocycles. The van der Waals surface area contributed by atoms with Crippen LogP contribution in [0.5, 0.6) is 0 Å². The first-order chi connectivity index (χ1) is 11.4. The second-order valence-electron chi connectivity index (χ2n) is 7.31. The predicted molar refractivity (Wildman–Crippen MR) is 95.8 cm³/mol. The minimum absolute atomic E-state index is 0.0163. The molecule has 1 fully saturated rings. The zero-order valence-corrected chi connectivity index (χ0v) is 16.5. The van der Waals surface area contributed by atoms with Crippen molar-refractivity contribution in [1.82, 2.24) is 4.90 Å². The normalized spacial score (nSPS) is 26.5. The first kappa shape index (κ1) is 21.4. The molecule has 3 atom stereocenters. The predicted octanol–water partition coefficient (Wildman–Crippen LogP) is 3.47. The van der Waals surface area contributed by atoms with Crippen LogP contribution in [0.2, 0.25) is 0 Å². The van der Waals surface area contributed by atoms with E-state index in [1.54, 1.807) is 0 Å². The van der Waals surface area contributed by atoms with E-state index in [4.69, 9.17) is 14.2 Å². The van der Waals surface area contributed by atoms with Crippen molar-refractivity contribution in [2.75, 3.05) is 33.9 Å². The van der Waals surface area contributed by atoms with E-state index in [0.29, 0.717) is 37.9 Å². The second-order valence-corrected chi connectivity index (χ2v) is 7.31. The van der Waals surface area contributed by atoms with E-state index in [1.165, 1.54) is 0 Å². The Morgan fingerprint density at radius 1 is 1.25 bits per heavy atom. The van der Waals surface area contributed by atoms with Gasteiger partial charge in [0.25, 0.3) is 0 Å². The van der Waals surface area contributed by atoms with E-state index in [-0.39, 0.29) is 12.1 Å². The summed E-state index contributed by atoms with van der Waals surface area (Å²) in [6.07, 6.45) is 4.08. The Hall–Kier alpha value is -0.650. The summed E-state index contributed by atoms with van der Waals surface area (Å²) in [5.41, 5.74) is 0. The van der Waals surface area contributed by atoms with Gasteiger partial charge in [0.1, 0.15) is 0 Å². The number of esters is 1. The van der Waals surface area contributed by atoms with Crippen molar-refractivity contribution in [3.63, 3.8) is 0 Å². The molecule has 0 aromatic carbocycles. The minimum atomic E-state index is -0.482. The molecule has 1 saturated heterocycles. The third-order valence-electron chi connectivity index (χ3n) is 5.13. The molecule has 0 aromatic heterocycles. The van der Waals surface area contributed by atoms with Crippen LogP contribution in [0, 0.1) is 11.8 Å². The smallest absolute Gasteiger partial charge is 0.305 e. The molecule has 1 rings (SSSR count). The Morgan fingerprint density at radius 2 is 1.88 bits per heavy atom. The van der Waals surface area contributed by atoms with Crippen LogP contribution in [0.25, 0.3) is 0 Å². The highest BCUT2D eigenvalue weighted by atomic mass is 16.7. The van der Waals surface area contributed by atoms with Crippen LogP contribution in [0.15, 0.2) is 0 Å². The fourth-order valence-corrected chi connectivity index (χ4v) is 3.18. The van der Waals surface area contributed by atoms with Gasteiger partial charge in [0.2, 0.25) is 0 Å². The summed E-state index contributed by atoms with van der Waals surface area (Å²) in [6, 6.07) is 0. The molecule has 0 radical (unpaired) electrons. The molecule has 0 bridgehead atoms. The van der Waals surface area contributed by atoms with Crippen molar-refractivity contribution in [3.05, 3.63) is 0 Å². The molecule has 0 aliphatic carbocycles. The Kier molecular flexibility index (Phi) is 9.24. The minimum Gasteiger partial charge on any atom is -0.466 e. The maximum absolute atomic E-state index is 11.7. The number of carbonyl (C=O) groups excluding carboxylic acids is 1. The SMILES string of the molecule is CCC(C)C1(C(C)CC)OCC(CCOC(=O)CCCN(C)C)O1. The maximum Gasteiger partial charge on any atom is 0.305 e. The average molecular weight is 344 g/mol. The number of nitrogens with zero attached hydrogens (tertiary/aromatic N) is 1. The van der Waals surface area contributed by atoms with Gasteiger partial charge in [0, 0.05) is 24.7 Å². The number of hydrogen-bond donors (Lipinski definition) is 0. The van der Waals surface area contributed by atoms with E-state index < -0.39 is 5.79 Å². The van der Waals surface area contributed by atoms with Crippen LogP contribution in [0.1, 0.15) is 59.8 Å². The summed E-state index contributed by atoms with van der Waals surface area (Å²) in [6.45, 7) is 10.6. The lowest BCUT2D eigenvalue weighted by molar-refractivity contribution is -0.234.